The lowest BCUT2D eigenvalue weighted by Crippen LogP contribution is -1.99. The summed E-state index contributed by atoms with van der Waals surface area (Å²) in [6.45, 7) is 0.304. The van der Waals surface area contributed by atoms with Gasteiger partial charge in [0.05, 0.1) is 0 Å². The second-order valence-electron chi connectivity index (χ2n) is 2.11. The Morgan fingerprint density at radius 3 is 2.50 bits per heavy atom. The van der Waals surface area contributed by atoms with E-state index in [9.17, 15) is 0 Å². The van der Waals surface area contributed by atoms with Crippen molar-refractivity contribution in [3.05, 3.63) is 18.2 Å². The summed E-state index contributed by atoms with van der Waals surface area (Å²) in [4.78, 5) is 0. The molecule has 0 unspecified atom stereocenters. The Morgan fingerprint density at radius 2 is 1.75 bits per heavy atom. The first-order chi connectivity index (χ1) is 4.86. The fraction of sp³-hybridized carbons (Fsp3) is 0.143. The number of rotatable bonds is 0. The number of hydrogen-bond donors (Lipinski definition) is 0. The van der Waals surface area contributed by atoms with Crippen LogP contribution in [-0.4, -0.2) is 25.6 Å². The van der Waals surface area contributed by atoms with Crippen LogP contribution in [0.2, 0.25) is 0 Å². The van der Waals surface area contributed by atoms with Crippen molar-refractivity contribution < 1.29 is 20.4 Å². The van der Waals surface area contributed by atoms with Crippen LogP contribution in [0.15, 0.2) is 18.2 Å². The SMILES string of the molecule is O.O.[B]c1ccc2c(c1)OCO2. The van der Waals surface area contributed by atoms with Crippen molar-refractivity contribution in [1.29, 1.82) is 0 Å². The van der Waals surface area contributed by atoms with E-state index >= 15 is 0 Å². The molecule has 0 fully saturated rings. The first-order valence-electron chi connectivity index (χ1n) is 3.01. The van der Waals surface area contributed by atoms with Crippen LogP contribution in [-0.2, 0) is 0 Å². The minimum absolute atomic E-state index is 0. The third-order valence-electron chi connectivity index (χ3n) is 1.40. The average molecular weight is 168 g/mol. The number of ether oxygens (including phenoxy) is 2. The standard InChI is InChI=1S/C7H5BO2.2H2O/c8-5-1-2-6-7(3-5)10-4-9-6;;/h1-3H,4H2;2*1H2. The van der Waals surface area contributed by atoms with Crippen LogP contribution in [0.3, 0.4) is 0 Å². The predicted octanol–water partition coefficient (Wildman–Crippen LogP) is -1.44. The molecule has 0 amide bonds. The highest BCUT2D eigenvalue weighted by Crippen LogP contribution is 2.29. The molecule has 0 spiro atoms. The molecule has 2 radical (unpaired) electrons. The molecular formula is C7H9BO4. The van der Waals surface area contributed by atoms with Gasteiger partial charge in [-0.2, -0.15) is 0 Å². The van der Waals surface area contributed by atoms with Gasteiger partial charge in [0.1, 0.15) is 7.85 Å². The lowest BCUT2D eigenvalue weighted by molar-refractivity contribution is 0.174. The summed E-state index contributed by atoms with van der Waals surface area (Å²) in [5.74, 6) is 1.51. The van der Waals surface area contributed by atoms with E-state index in [2.05, 4.69) is 0 Å². The van der Waals surface area contributed by atoms with Crippen LogP contribution in [0.5, 0.6) is 11.5 Å². The zero-order valence-corrected chi connectivity index (χ0v) is 6.33. The van der Waals surface area contributed by atoms with Crippen LogP contribution in [0.4, 0.5) is 0 Å². The molecule has 4 N–H and O–H groups in total. The molecule has 0 atom stereocenters. The number of benzene rings is 1. The topological polar surface area (TPSA) is 81.5 Å². The fourth-order valence-corrected chi connectivity index (χ4v) is 0.913. The minimum Gasteiger partial charge on any atom is -0.454 e. The van der Waals surface area contributed by atoms with E-state index in [1.54, 1.807) is 18.2 Å². The van der Waals surface area contributed by atoms with Gasteiger partial charge in [-0.3, -0.25) is 0 Å². The van der Waals surface area contributed by atoms with E-state index in [4.69, 9.17) is 17.3 Å². The molecule has 64 valence electrons. The molecule has 5 heteroatoms. The summed E-state index contributed by atoms with van der Waals surface area (Å²) in [6.07, 6.45) is 0. The van der Waals surface area contributed by atoms with E-state index in [0.29, 0.717) is 12.3 Å². The van der Waals surface area contributed by atoms with E-state index < -0.39 is 0 Å². The molecule has 1 aromatic carbocycles. The zero-order valence-electron chi connectivity index (χ0n) is 6.33. The number of fused-ring (bicyclic) bond motifs is 1. The van der Waals surface area contributed by atoms with E-state index in [0.717, 1.165) is 11.5 Å². The summed E-state index contributed by atoms with van der Waals surface area (Å²) in [7, 11) is 5.50. The monoisotopic (exact) mass is 168 g/mol. The first-order valence-corrected chi connectivity index (χ1v) is 3.01. The Balaban J connectivity index is 0.000000605. The maximum absolute atomic E-state index is 5.50. The van der Waals surface area contributed by atoms with Crippen molar-refractivity contribution >= 4 is 13.3 Å². The molecule has 12 heavy (non-hydrogen) atoms. The first kappa shape index (κ1) is 10.8. The second kappa shape index (κ2) is 3.99. The maximum Gasteiger partial charge on any atom is 0.231 e. The fourth-order valence-electron chi connectivity index (χ4n) is 0.913. The van der Waals surface area contributed by atoms with Crippen molar-refractivity contribution in [2.24, 2.45) is 0 Å². The largest absolute Gasteiger partial charge is 0.454 e. The Morgan fingerprint density at radius 1 is 1.08 bits per heavy atom. The van der Waals surface area contributed by atoms with E-state index in [1.807, 2.05) is 0 Å². The van der Waals surface area contributed by atoms with Crippen LogP contribution in [0, 0.1) is 0 Å². The normalized spacial score (nSPS) is 11.3. The summed E-state index contributed by atoms with van der Waals surface area (Å²) < 4.78 is 10.2. The lowest BCUT2D eigenvalue weighted by Gasteiger charge is -1.95. The molecule has 1 aromatic rings. The van der Waals surface area contributed by atoms with Crippen LogP contribution in [0.25, 0.3) is 0 Å². The molecule has 1 aliphatic heterocycles. The minimum atomic E-state index is 0. The highest BCUT2D eigenvalue weighted by atomic mass is 16.7. The second-order valence-corrected chi connectivity index (χ2v) is 2.11. The molecule has 1 aliphatic rings. The van der Waals surface area contributed by atoms with Crippen molar-refractivity contribution in [3.63, 3.8) is 0 Å². The van der Waals surface area contributed by atoms with Gasteiger partial charge in [0.15, 0.2) is 11.5 Å². The molecule has 0 bridgehead atoms. The van der Waals surface area contributed by atoms with E-state index in [1.165, 1.54) is 0 Å². The summed E-state index contributed by atoms with van der Waals surface area (Å²) in [6, 6.07) is 5.34. The maximum atomic E-state index is 5.50. The Hall–Kier alpha value is -1.20. The molecule has 2 rings (SSSR count). The summed E-state index contributed by atoms with van der Waals surface area (Å²) >= 11 is 0. The van der Waals surface area contributed by atoms with Gasteiger partial charge < -0.3 is 20.4 Å². The van der Waals surface area contributed by atoms with Crippen LogP contribution < -0.4 is 14.9 Å². The quantitative estimate of drug-likeness (QED) is 0.444. The molecule has 0 saturated carbocycles. The molecule has 0 aromatic heterocycles. The summed E-state index contributed by atoms with van der Waals surface area (Å²) in [5, 5.41) is 0. The molecule has 4 nitrogen and oxygen atoms in total. The average Bonchev–Trinajstić information content (AvgIpc) is 2.33. The van der Waals surface area contributed by atoms with Gasteiger partial charge in [-0.15, -0.1) is 0 Å². The van der Waals surface area contributed by atoms with E-state index in [-0.39, 0.29) is 11.0 Å². The highest BCUT2D eigenvalue weighted by Gasteiger charge is 2.10. The Labute approximate surface area is 71.1 Å². The van der Waals surface area contributed by atoms with Gasteiger partial charge in [0.2, 0.25) is 6.79 Å². The third-order valence-corrected chi connectivity index (χ3v) is 1.40. The smallest absolute Gasteiger partial charge is 0.231 e. The van der Waals surface area contributed by atoms with Gasteiger partial charge in [-0.05, 0) is 12.1 Å². The number of hydrogen-bond acceptors (Lipinski definition) is 2. The van der Waals surface area contributed by atoms with Crippen LogP contribution in [0.1, 0.15) is 0 Å². The highest BCUT2D eigenvalue weighted by molar-refractivity contribution is 6.32. The predicted molar refractivity (Wildman–Crippen MR) is 45.2 cm³/mol. The van der Waals surface area contributed by atoms with Gasteiger partial charge in [-0.1, -0.05) is 11.5 Å². The van der Waals surface area contributed by atoms with Crippen molar-refractivity contribution in [2.75, 3.05) is 6.79 Å². The zero-order chi connectivity index (χ0) is 6.97. The van der Waals surface area contributed by atoms with Crippen LogP contribution >= 0.6 is 0 Å². The van der Waals surface area contributed by atoms with Gasteiger partial charge >= 0.3 is 0 Å². The molecular weight excluding hydrogens is 159 g/mol. The van der Waals surface area contributed by atoms with Gasteiger partial charge in [0, 0.05) is 0 Å². The molecule has 0 aliphatic carbocycles. The van der Waals surface area contributed by atoms with Gasteiger partial charge in [-0.25, -0.2) is 0 Å². The Kier molecular flexibility index (Phi) is 3.59. The van der Waals surface area contributed by atoms with Gasteiger partial charge in [0.25, 0.3) is 0 Å². The van der Waals surface area contributed by atoms with Crippen molar-refractivity contribution in [3.8, 4) is 11.5 Å². The van der Waals surface area contributed by atoms with Crippen molar-refractivity contribution in [1.82, 2.24) is 0 Å². The lowest BCUT2D eigenvalue weighted by atomic mass is 9.96. The third kappa shape index (κ3) is 1.69. The molecule has 0 saturated heterocycles. The van der Waals surface area contributed by atoms with Crippen molar-refractivity contribution in [2.45, 2.75) is 0 Å². The Bertz CT molecular complexity index is 264. The summed E-state index contributed by atoms with van der Waals surface area (Å²) in [5.41, 5.74) is 0.698. The molecule has 1 heterocycles.